The molecule has 0 aliphatic rings. The molecule has 7 nitrogen and oxygen atoms in total. The number of carbonyl (C=O) groups is 1. The number of hydrogen-bond acceptors (Lipinski definition) is 5. The molecule has 2 aromatic rings. The number of pyridine rings is 1. The van der Waals surface area contributed by atoms with Crippen LogP contribution in [0.5, 0.6) is 0 Å². The number of nitrogens with one attached hydrogen (secondary N) is 3. The van der Waals surface area contributed by atoms with Gasteiger partial charge in [0.25, 0.3) is 0 Å². The normalized spacial score (nSPS) is 11.1. The lowest BCUT2D eigenvalue weighted by Gasteiger charge is -2.11. The molecule has 0 saturated carbocycles. The summed E-state index contributed by atoms with van der Waals surface area (Å²) >= 11 is 1.69. The fraction of sp³-hybridized carbons (Fsp3) is 0.333. The third-order valence-corrected chi connectivity index (χ3v) is 3.86. The van der Waals surface area contributed by atoms with Gasteiger partial charge in [-0.25, -0.2) is 4.98 Å². The fourth-order valence-corrected chi connectivity index (χ4v) is 2.62. The largest absolute Gasteiger partial charge is 0.356 e. The second-order valence-electron chi connectivity index (χ2n) is 4.76. The maximum Gasteiger partial charge on any atom is 0.243 e. The van der Waals surface area contributed by atoms with E-state index in [2.05, 4.69) is 30.9 Å². The van der Waals surface area contributed by atoms with Gasteiger partial charge in [-0.05, 0) is 19.1 Å². The standard InChI is InChI=1S/C15H20N6OS/c1-11-8-19-14(23-11)5-7-18-15(16-2)20-10-13(22)21-12-4-3-6-17-9-12/h3-4,6,8-9H,5,7,10H2,1-2H3,(H,21,22)(H2,16,18,20). The number of guanidine groups is 1. The monoisotopic (exact) mass is 332 g/mol. The number of thiazole rings is 1. The molecule has 0 aromatic carbocycles. The van der Waals surface area contributed by atoms with E-state index in [0.717, 1.165) is 11.4 Å². The highest BCUT2D eigenvalue weighted by atomic mass is 32.1. The molecule has 1 amide bonds. The maximum absolute atomic E-state index is 11.8. The smallest absolute Gasteiger partial charge is 0.243 e. The van der Waals surface area contributed by atoms with Gasteiger partial charge in [0.05, 0.1) is 23.4 Å². The van der Waals surface area contributed by atoms with E-state index in [1.807, 2.05) is 13.1 Å². The van der Waals surface area contributed by atoms with E-state index >= 15 is 0 Å². The SMILES string of the molecule is CN=C(NCCc1ncc(C)s1)NCC(=O)Nc1cccnc1. The first kappa shape index (κ1) is 16.9. The highest BCUT2D eigenvalue weighted by molar-refractivity contribution is 7.11. The Morgan fingerprint density at radius 3 is 2.87 bits per heavy atom. The van der Waals surface area contributed by atoms with Crippen LogP contribution in [0.15, 0.2) is 35.7 Å². The first-order valence-electron chi connectivity index (χ1n) is 7.23. The van der Waals surface area contributed by atoms with E-state index in [1.54, 1.807) is 42.9 Å². The number of amides is 1. The predicted molar refractivity (Wildman–Crippen MR) is 92.8 cm³/mol. The summed E-state index contributed by atoms with van der Waals surface area (Å²) in [6.07, 6.45) is 5.95. The Morgan fingerprint density at radius 1 is 1.35 bits per heavy atom. The Balaban J connectivity index is 1.69. The molecule has 122 valence electrons. The van der Waals surface area contributed by atoms with E-state index in [4.69, 9.17) is 0 Å². The van der Waals surface area contributed by atoms with Crippen LogP contribution in [-0.4, -0.2) is 42.0 Å². The Labute approximate surface area is 139 Å². The van der Waals surface area contributed by atoms with Crippen molar-refractivity contribution in [1.82, 2.24) is 20.6 Å². The van der Waals surface area contributed by atoms with Gasteiger partial charge in [-0.3, -0.25) is 14.8 Å². The third kappa shape index (κ3) is 6.03. The summed E-state index contributed by atoms with van der Waals surface area (Å²) in [6, 6.07) is 3.55. The van der Waals surface area contributed by atoms with Crippen molar-refractivity contribution in [1.29, 1.82) is 0 Å². The molecule has 0 spiro atoms. The molecule has 0 fully saturated rings. The molecule has 0 bridgehead atoms. The van der Waals surface area contributed by atoms with Crippen molar-refractivity contribution in [3.63, 3.8) is 0 Å². The number of nitrogens with zero attached hydrogens (tertiary/aromatic N) is 3. The minimum absolute atomic E-state index is 0.130. The van der Waals surface area contributed by atoms with Gasteiger partial charge >= 0.3 is 0 Å². The van der Waals surface area contributed by atoms with Crippen LogP contribution in [0.1, 0.15) is 9.88 Å². The molecule has 0 unspecified atom stereocenters. The van der Waals surface area contributed by atoms with Crippen LogP contribution in [0.3, 0.4) is 0 Å². The molecule has 23 heavy (non-hydrogen) atoms. The van der Waals surface area contributed by atoms with E-state index < -0.39 is 0 Å². The number of anilines is 1. The summed E-state index contributed by atoms with van der Waals surface area (Å²) in [6.45, 7) is 2.87. The Hall–Kier alpha value is -2.48. The highest BCUT2D eigenvalue weighted by Gasteiger charge is 2.05. The van der Waals surface area contributed by atoms with Gasteiger partial charge in [0.15, 0.2) is 5.96 Å². The number of aryl methyl sites for hydroxylation is 1. The van der Waals surface area contributed by atoms with Gasteiger partial charge in [0.2, 0.25) is 5.91 Å². The lowest BCUT2D eigenvalue weighted by molar-refractivity contribution is -0.115. The molecule has 2 heterocycles. The summed E-state index contributed by atoms with van der Waals surface area (Å²) in [4.78, 5) is 25.4. The summed E-state index contributed by atoms with van der Waals surface area (Å²) in [5.41, 5.74) is 0.668. The van der Waals surface area contributed by atoms with Gasteiger partial charge in [0.1, 0.15) is 0 Å². The quantitative estimate of drug-likeness (QED) is 0.546. The first-order valence-corrected chi connectivity index (χ1v) is 8.04. The summed E-state index contributed by atoms with van der Waals surface area (Å²) in [5, 5.41) is 9.96. The van der Waals surface area contributed by atoms with Crippen molar-refractivity contribution in [3.05, 3.63) is 40.6 Å². The second-order valence-corrected chi connectivity index (χ2v) is 6.08. The molecule has 0 atom stereocenters. The van der Waals surface area contributed by atoms with Crippen molar-refractivity contribution in [2.75, 3.05) is 25.5 Å². The fourth-order valence-electron chi connectivity index (χ4n) is 1.83. The number of aromatic nitrogens is 2. The van der Waals surface area contributed by atoms with Gasteiger partial charge in [-0.1, -0.05) is 0 Å². The zero-order valence-electron chi connectivity index (χ0n) is 13.2. The average Bonchev–Trinajstić information content (AvgIpc) is 2.97. The summed E-state index contributed by atoms with van der Waals surface area (Å²) < 4.78 is 0. The second kappa shape index (κ2) is 8.84. The molecule has 0 saturated heterocycles. The van der Waals surface area contributed by atoms with Crippen molar-refractivity contribution in [3.8, 4) is 0 Å². The Kier molecular flexibility index (Phi) is 6.49. The third-order valence-electron chi connectivity index (χ3n) is 2.89. The van der Waals surface area contributed by atoms with Crippen LogP contribution < -0.4 is 16.0 Å². The van der Waals surface area contributed by atoms with Crippen LogP contribution in [0.25, 0.3) is 0 Å². The molecule has 2 aromatic heterocycles. The minimum atomic E-state index is -0.156. The van der Waals surface area contributed by atoms with Crippen LogP contribution in [0.4, 0.5) is 5.69 Å². The summed E-state index contributed by atoms with van der Waals surface area (Å²) in [7, 11) is 1.67. The molecule has 8 heteroatoms. The maximum atomic E-state index is 11.8. The van der Waals surface area contributed by atoms with Crippen molar-refractivity contribution >= 4 is 28.9 Å². The van der Waals surface area contributed by atoms with Crippen molar-refractivity contribution < 1.29 is 4.79 Å². The Bertz CT molecular complexity index is 655. The van der Waals surface area contributed by atoms with Crippen LogP contribution in [-0.2, 0) is 11.2 Å². The average molecular weight is 332 g/mol. The molecule has 3 N–H and O–H groups in total. The highest BCUT2D eigenvalue weighted by Crippen LogP contribution is 2.10. The van der Waals surface area contributed by atoms with E-state index in [-0.39, 0.29) is 12.5 Å². The Morgan fingerprint density at radius 2 is 2.22 bits per heavy atom. The van der Waals surface area contributed by atoms with E-state index in [0.29, 0.717) is 18.2 Å². The topological polar surface area (TPSA) is 91.3 Å². The van der Waals surface area contributed by atoms with Crippen LogP contribution in [0.2, 0.25) is 0 Å². The van der Waals surface area contributed by atoms with E-state index in [1.165, 1.54) is 4.88 Å². The molecule has 0 aliphatic carbocycles. The predicted octanol–water partition coefficient (Wildman–Crippen LogP) is 1.19. The number of hydrogen-bond donors (Lipinski definition) is 3. The minimum Gasteiger partial charge on any atom is -0.356 e. The molecular weight excluding hydrogens is 312 g/mol. The number of aliphatic imine (C=N–C) groups is 1. The van der Waals surface area contributed by atoms with Gasteiger partial charge in [0, 0.05) is 37.3 Å². The molecule has 0 aliphatic heterocycles. The first-order chi connectivity index (χ1) is 11.2. The number of carbonyl (C=O) groups excluding carboxylic acids is 1. The molecular formula is C15H20N6OS. The van der Waals surface area contributed by atoms with Crippen LogP contribution >= 0.6 is 11.3 Å². The molecule has 0 radical (unpaired) electrons. The number of rotatable bonds is 6. The molecule has 2 rings (SSSR count). The zero-order chi connectivity index (χ0) is 16.5. The van der Waals surface area contributed by atoms with E-state index in [9.17, 15) is 4.79 Å². The van der Waals surface area contributed by atoms with Gasteiger partial charge < -0.3 is 16.0 Å². The zero-order valence-corrected chi connectivity index (χ0v) is 14.0. The van der Waals surface area contributed by atoms with Crippen molar-refractivity contribution in [2.24, 2.45) is 4.99 Å². The van der Waals surface area contributed by atoms with Gasteiger partial charge in [-0.2, -0.15) is 0 Å². The summed E-state index contributed by atoms with van der Waals surface area (Å²) in [5.74, 6) is 0.427. The lowest BCUT2D eigenvalue weighted by Crippen LogP contribution is -2.42. The van der Waals surface area contributed by atoms with Gasteiger partial charge in [-0.15, -0.1) is 11.3 Å². The van der Waals surface area contributed by atoms with Crippen molar-refractivity contribution in [2.45, 2.75) is 13.3 Å². The lowest BCUT2D eigenvalue weighted by atomic mass is 10.4. The van der Waals surface area contributed by atoms with Crippen LogP contribution in [0, 0.1) is 6.92 Å².